The fourth-order valence-electron chi connectivity index (χ4n) is 1.69. The van der Waals surface area contributed by atoms with Gasteiger partial charge in [-0.3, -0.25) is 4.79 Å². The SMILES string of the molecule is CC.CCOC(=O)Cc1cc(Cl)n2nc(C)c(C)c2n1. The molecule has 0 fully saturated rings. The summed E-state index contributed by atoms with van der Waals surface area (Å²) in [6, 6.07) is 1.64. The Morgan fingerprint density at radius 3 is 2.65 bits per heavy atom. The molecule has 0 saturated carbocycles. The third kappa shape index (κ3) is 3.48. The van der Waals surface area contributed by atoms with Crippen LogP contribution < -0.4 is 0 Å². The topological polar surface area (TPSA) is 56.5 Å². The molecule has 0 atom stereocenters. The normalized spacial score (nSPS) is 10.1. The molecule has 6 heteroatoms. The Balaban J connectivity index is 0.000000956. The van der Waals surface area contributed by atoms with Gasteiger partial charge in [-0.25, -0.2) is 9.50 Å². The summed E-state index contributed by atoms with van der Waals surface area (Å²) >= 11 is 6.12. The molecular weight excluding hydrogens is 278 g/mol. The van der Waals surface area contributed by atoms with Crippen LogP contribution in [0.4, 0.5) is 0 Å². The number of fused-ring (bicyclic) bond motifs is 1. The molecule has 0 aliphatic heterocycles. The smallest absolute Gasteiger partial charge is 0.311 e. The van der Waals surface area contributed by atoms with Crippen molar-refractivity contribution in [1.29, 1.82) is 0 Å². The summed E-state index contributed by atoms with van der Waals surface area (Å²) in [6.45, 7) is 9.95. The van der Waals surface area contributed by atoms with E-state index in [9.17, 15) is 4.79 Å². The van der Waals surface area contributed by atoms with Gasteiger partial charge in [0.05, 0.1) is 24.4 Å². The molecule has 2 aromatic heterocycles. The fourth-order valence-corrected chi connectivity index (χ4v) is 1.93. The molecule has 0 unspecified atom stereocenters. The second kappa shape index (κ2) is 7.24. The molecule has 2 rings (SSSR count). The maximum absolute atomic E-state index is 11.4. The Kier molecular flexibility index (Phi) is 5.95. The van der Waals surface area contributed by atoms with E-state index in [0.29, 0.717) is 23.1 Å². The highest BCUT2D eigenvalue weighted by Crippen LogP contribution is 2.18. The summed E-state index contributed by atoms with van der Waals surface area (Å²) < 4.78 is 6.46. The first-order chi connectivity index (χ1) is 9.52. The van der Waals surface area contributed by atoms with Crippen LogP contribution in [0, 0.1) is 13.8 Å². The van der Waals surface area contributed by atoms with Crippen molar-refractivity contribution >= 4 is 23.2 Å². The summed E-state index contributed by atoms with van der Waals surface area (Å²) in [6.07, 6.45) is 0.119. The van der Waals surface area contributed by atoms with Crippen LogP contribution in [0.1, 0.15) is 37.7 Å². The first-order valence-electron chi connectivity index (χ1n) is 6.70. The van der Waals surface area contributed by atoms with E-state index in [1.54, 1.807) is 17.5 Å². The van der Waals surface area contributed by atoms with Gasteiger partial charge in [0.2, 0.25) is 0 Å². The second-order valence-corrected chi connectivity index (χ2v) is 4.39. The number of carbonyl (C=O) groups excluding carboxylic acids is 1. The van der Waals surface area contributed by atoms with Gasteiger partial charge in [0.25, 0.3) is 0 Å². The van der Waals surface area contributed by atoms with Crippen LogP contribution in [-0.4, -0.2) is 27.2 Å². The Bertz CT molecular complexity index is 608. The van der Waals surface area contributed by atoms with Crippen molar-refractivity contribution in [3.8, 4) is 0 Å². The number of ether oxygens (including phenoxy) is 1. The van der Waals surface area contributed by atoms with Crippen LogP contribution in [0.15, 0.2) is 6.07 Å². The minimum absolute atomic E-state index is 0.119. The number of hydrogen-bond donors (Lipinski definition) is 0. The van der Waals surface area contributed by atoms with Crippen molar-refractivity contribution in [1.82, 2.24) is 14.6 Å². The van der Waals surface area contributed by atoms with Crippen molar-refractivity contribution in [3.05, 3.63) is 28.2 Å². The van der Waals surface area contributed by atoms with E-state index >= 15 is 0 Å². The molecule has 0 bridgehead atoms. The van der Waals surface area contributed by atoms with E-state index in [4.69, 9.17) is 16.3 Å². The predicted molar refractivity (Wildman–Crippen MR) is 79.2 cm³/mol. The minimum atomic E-state index is -0.306. The van der Waals surface area contributed by atoms with Crippen LogP contribution in [0.2, 0.25) is 5.15 Å². The molecule has 5 nitrogen and oxygen atoms in total. The van der Waals surface area contributed by atoms with Gasteiger partial charge in [-0.05, 0) is 26.8 Å². The number of hydrogen-bond acceptors (Lipinski definition) is 4. The highest BCUT2D eigenvalue weighted by Gasteiger charge is 2.13. The average Bonchev–Trinajstić information content (AvgIpc) is 2.70. The van der Waals surface area contributed by atoms with Crippen molar-refractivity contribution in [3.63, 3.8) is 0 Å². The van der Waals surface area contributed by atoms with Gasteiger partial charge in [-0.15, -0.1) is 0 Å². The van der Waals surface area contributed by atoms with Crippen LogP contribution in [0.25, 0.3) is 5.65 Å². The zero-order chi connectivity index (χ0) is 15.3. The molecule has 0 aliphatic rings. The Morgan fingerprint density at radius 2 is 2.05 bits per heavy atom. The van der Waals surface area contributed by atoms with Gasteiger partial charge in [0.1, 0.15) is 5.15 Å². The van der Waals surface area contributed by atoms with Crippen molar-refractivity contribution < 1.29 is 9.53 Å². The van der Waals surface area contributed by atoms with Crippen LogP contribution >= 0.6 is 11.6 Å². The second-order valence-electron chi connectivity index (χ2n) is 4.00. The van der Waals surface area contributed by atoms with Gasteiger partial charge in [0, 0.05) is 5.56 Å². The van der Waals surface area contributed by atoms with Gasteiger partial charge in [-0.2, -0.15) is 5.10 Å². The number of esters is 1. The number of halogens is 1. The van der Waals surface area contributed by atoms with E-state index in [1.807, 2.05) is 27.7 Å². The molecule has 0 N–H and O–H groups in total. The largest absolute Gasteiger partial charge is 0.466 e. The van der Waals surface area contributed by atoms with E-state index in [1.165, 1.54) is 0 Å². The van der Waals surface area contributed by atoms with Gasteiger partial charge < -0.3 is 4.74 Å². The number of aromatic nitrogens is 3. The molecule has 0 spiro atoms. The molecule has 0 saturated heterocycles. The molecule has 20 heavy (non-hydrogen) atoms. The summed E-state index contributed by atoms with van der Waals surface area (Å²) in [5, 5.41) is 4.72. The number of rotatable bonds is 3. The van der Waals surface area contributed by atoms with E-state index in [0.717, 1.165) is 11.3 Å². The van der Waals surface area contributed by atoms with E-state index in [2.05, 4.69) is 10.1 Å². The average molecular weight is 298 g/mol. The number of nitrogens with zero attached hydrogens (tertiary/aromatic N) is 3. The Morgan fingerprint density at radius 1 is 1.40 bits per heavy atom. The summed E-state index contributed by atoms with van der Waals surface area (Å²) in [7, 11) is 0. The lowest BCUT2D eigenvalue weighted by atomic mass is 10.2. The lowest BCUT2D eigenvalue weighted by Crippen LogP contribution is -2.09. The molecule has 0 amide bonds. The zero-order valence-electron chi connectivity index (χ0n) is 12.5. The quantitative estimate of drug-likeness (QED) is 0.645. The third-order valence-corrected chi connectivity index (χ3v) is 2.97. The van der Waals surface area contributed by atoms with Crippen LogP contribution in [-0.2, 0) is 16.0 Å². The van der Waals surface area contributed by atoms with Gasteiger partial charge in [0.15, 0.2) is 5.65 Å². The van der Waals surface area contributed by atoms with Crippen molar-refractivity contribution in [2.75, 3.05) is 6.61 Å². The first-order valence-corrected chi connectivity index (χ1v) is 7.07. The fraction of sp³-hybridized carbons (Fsp3) is 0.500. The lowest BCUT2D eigenvalue weighted by molar-refractivity contribution is -0.142. The van der Waals surface area contributed by atoms with E-state index in [-0.39, 0.29) is 12.4 Å². The Hall–Kier alpha value is -1.62. The minimum Gasteiger partial charge on any atom is -0.466 e. The molecule has 110 valence electrons. The molecular formula is C14H20ClN3O2. The third-order valence-electron chi connectivity index (χ3n) is 2.70. The van der Waals surface area contributed by atoms with Crippen LogP contribution in [0.5, 0.6) is 0 Å². The summed E-state index contributed by atoms with van der Waals surface area (Å²) in [5.41, 5.74) is 3.11. The first kappa shape index (κ1) is 16.4. The molecule has 2 aromatic rings. The maximum atomic E-state index is 11.4. The lowest BCUT2D eigenvalue weighted by Gasteiger charge is -2.04. The number of carbonyl (C=O) groups is 1. The molecule has 0 aromatic carbocycles. The molecule has 0 aliphatic carbocycles. The van der Waals surface area contributed by atoms with E-state index < -0.39 is 0 Å². The summed E-state index contributed by atoms with van der Waals surface area (Å²) in [5.74, 6) is -0.306. The number of aryl methyl sites for hydroxylation is 2. The van der Waals surface area contributed by atoms with Gasteiger partial charge in [-0.1, -0.05) is 25.4 Å². The summed E-state index contributed by atoms with van der Waals surface area (Å²) in [4.78, 5) is 15.8. The monoisotopic (exact) mass is 297 g/mol. The Labute approximate surface area is 123 Å². The highest BCUT2D eigenvalue weighted by molar-refractivity contribution is 6.29. The zero-order valence-corrected chi connectivity index (χ0v) is 13.3. The standard InChI is InChI=1S/C12H14ClN3O2.C2H6/c1-4-18-11(17)6-9-5-10(13)16-12(14-9)7(2)8(3)15-16;1-2/h5H,4,6H2,1-3H3;1-2H3. The molecule has 0 radical (unpaired) electrons. The van der Waals surface area contributed by atoms with Gasteiger partial charge >= 0.3 is 5.97 Å². The van der Waals surface area contributed by atoms with Crippen molar-refractivity contribution in [2.45, 2.75) is 41.0 Å². The van der Waals surface area contributed by atoms with Crippen LogP contribution in [0.3, 0.4) is 0 Å². The van der Waals surface area contributed by atoms with Crippen molar-refractivity contribution in [2.24, 2.45) is 0 Å². The highest BCUT2D eigenvalue weighted by atomic mass is 35.5. The molecule has 2 heterocycles. The predicted octanol–water partition coefficient (Wildman–Crippen LogP) is 3.13. The maximum Gasteiger partial charge on any atom is 0.311 e.